The number of para-hydroxylation sites is 1. The van der Waals surface area contributed by atoms with Gasteiger partial charge in [-0.25, -0.2) is 4.79 Å². The summed E-state index contributed by atoms with van der Waals surface area (Å²) >= 11 is 0. The number of rotatable bonds is 6. The lowest BCUT2D eigenvalue weighted by molar-refractivity contribution is -0.234. The van der Waals surface area contributed by atoms with Crippen molar-refractivity contribution in [2.24, 2.45) is 0 Å². The Bertz CT molecular complexity index is 613. The third-order valence-electron chi connectivity index (χ3n) is 3.20. The molecule has 0 radical (unpaired) electrons. The highest BCUT2D eigenvalue weighted by molar-refractivity contribution is 6.06. The number of nitrogens with zero attached hydrogens (tertiary/aromatic N) is 1. The van der Waals surface area contributed by atoms with Gasteiger partial charge in [0.1, 0.15) is 0 Å². The molecule has 0 fully saturated rings. The van der Waals surface area contributed by atoms with Gasteiger partial charge in [0, 0.05) is 17.8 Å². The van der Waals surface area contributed by atoms with Crippen molar-refractivity contribution in [3.05, 3.63) is 66.2 Å². The molecule has 0 aliphatic carbocycles. The molecule has 2 aromatic rings. The number of anilines is 1. The standard InChI is InChI=1S/C17H17NO4/c19-16(22-21)12-7-13-18(15-10-5-2-6-11-15)17(20)14-8-3-1-4-9-14/h1-6,8-11,21H,7,12-13H2. The highest BCUT2D eigenvalue weighted by Crippen LogP contribution is 2.17. The second-order valence-electron chi connectivity index (χ2n) is 4.73. The van der Waals surface area contributed by atoms with E-state index >= 15 is 0 Å². The number of amides is 1. The molecule has 0 atom stereocenters. The fourth-order valence-corrected chi connectivity index (χ4v) is 2.12. The maximum atomic E-state index is 12.7. The zero-order chi connectivity index (χ0) is 15.8. The molecule has 0 unspecified atom stereocenters. The summed E-state index contributed by atoms with van der Waals surface area (Å²) in [5.41, 5.74) is 1.34. The van der Waals surface area contributed by atoms with Gasteiger partial charge in [0.15, 0.2) is 0 Å². The third-order valence-corrected chi connectivity index (χ3v) is 3.20. The average Bonchev–Trinajstić information content (AvgIpc) is 2.59. The zero-order valence-electron chi connectivity index (χ0n) is 12.0. The van der Waals surface area contributed by atoms with Gasteiger partial charge in [0.25, 0.3) is 5.91 Å². The third kappa shape index (κ3) is 4.17. The predicted octanol–water partition coefficient (Wildman–Crippen LogP) is 3.13. The topological polar surface area (TPSA) is 66.8 Å². The molecule has 2 aromatic carbocycles. The fourth-order valence-electron chi connectivity index (χ4n) is 2.12. The fraction of sp³-hybridized carbons (Fsp3) is 0.176. The van der Waals surface area contributed by atoms with Gasteiger partial charge in [-0.1, -0.05) is 36.4 Å². The Kier molecular flexibility index (Phi) is 5.68. The van der Waals surface area contributed by atoms with Gasteiger partial charge in [0.2, 0.25) is 0 Å². The lowest BCUT2D eigenvalue weighted by Gasteiger charge is -2.22. The molecule has 0 heterocycles. The summed E-state index contributed by atoms with van der Waals surface area (Å²) in [6.45, 7) is 0.354. The lowest BCUT2D eigenvalue weighted by atomic mass is 10.1. The number of hydrogen-bond acceptors (Lipinski definition) is 4. The van der Waals surface area contributed by atoms with Crippen LogP contribution in [0.2, 0.25) is 0 Å². The minimum absolute atomic E-state index is 0.0436. The number of carbonyl (C=O) groups excluding carboxylic acids is 2. The predicted molar refractivity (Wildman–Crippen MR) is 82.5 cm³/mol. The molecule has 0 aromatic heterocycles. The molecular formula is C17H17NO4. The van der Waals surface area contributed by atoms with Crippen LogP contribution in [0.4, 0.5) is 5.69 Å². The van der Waals surface area contributed by atoms with Crippen molar-refractivity contribution < 1.29 is 19.7 Å². The van der Waals surface area contributed by atoms with Gasteiger partial charge in [-0.05, 0) is 30.7 Å². The van der Waals surface area contributed by atoms with Crippen LogP contribution in [0.1, 0.15) is 23.2 Å². The summed E-state index contributed by atoms with van der Waals surface area (Å²) in [4.78, 5) is 28.9. The summed E-state index contributed by atoms with van der Waals surface area (Å²) in [7, 11) is 0. The van der Waals surface area contributed by atoms with Gasteiger partial charge in [-0.2, -0.15) is 5.26 Å². The van der Waals surface area contributed by atoms with E-state index in [0.29, 0.717) is 18.5 Å². The van der Waals surface area contributed by atoms with Crippen LogP contribution >= 0.6 is 0 Å². The lowest BCUT2D eigenvalue weighted by Crippen LogP contribution is -2.32. The molecule has 0 spiro atoms. The molecule has 5 nitrogen and oxygen atoms in total. The molecule has 1 amide bonds. The Balaban J connectivity index is 2.15. The van der Waals surface area contributed by atoms with E-state index < -0.39 is 5.97 Å². The first-order valence-electron chi connectivity index (χ1n) is 6.98. The van der Waals surface area contributed by atoms with Crippen molar-refractivity contribution in [1.29, 1.82) is 0 Å². The van der Waals surface area contributed by atoms with E-state index in [4.69, 9.17) is 5.26 Å². The quantitative estimate of drug-likeness (QED) is 0.657. The first-order valence-corrected chi connectivity index (χ1v) is 6.98. The average molecular weight is 299 g/mol. The molecule has 22 heavy (non-hydrogen) atoms. The van der Waals surface area contributed by atoms with Gasteiger partial charge in [-0.3, -0.25) is 4.79 Å². The van der Waals surface area contributed by atoms with Crippen LogP contribution in [-0.2, 0) is 9.68 Å². The number of benzene rings is 2. The maximum Gasteiger partial charge on any atom is 0.342 e. The van der Waals surface area contributed by atoms with Crippen molar-refractivity contribution in [2.45, 2.75) is 12.8 Å². The first kappa shape index (κ1) is 15.7. The van der Waals surface area contributed by atoms with Crippen molar-refractivity contribution in [3.63, 3.8) is 0 Å². The second-order valence-corrected chi connectivity index (χ2v) is 4.73. The summed E-state index contributed by atoms with van der Waals surface area (Å²) in [6, 6.07) is 18.2. The Morgan fingerprint density at radius 3 is 2.14 bits per heavy atom. The van der Waals surface area contributed by atoms with Crippen molar-refractivity contribution >= 4 is 17.6 Å². The Morgan fingerprint density at radius 1 is 0.955 bits per heavy atom. The number of carbonyl (C=O) groups is 2. The van der Waals surface area contributed by atoms with Gasteiger partial charge in [-0.15, -0.1) is 0 Å². The van der Waals surface area contributed by atoms with E-state index in [9.17, 15) is 9.59 Å². The van der Waals surface area contributed by atoms with E-state index in [1.54, 1.807) is 29.2 Å². The molecule has 0 aliphatic rings. The van der Waals surface area contributed by atoms with E-state index in [2.05, 4.69) is 4.89 Å². The monoisotopic (exact) mass is 299 g/mol. The van der Waals surface area contributed by atoms with E-state index in [1.807, 2.05) is 36.4 Å². The van der Waals surface area contributed by atoms with Crippen LogP contribution < -0.4 is 4.90 Å². The highest BCUT2D eigenvalue weighted by Gasteiger charge is 2.17. The molecule has 0 saturated carbocycles. The van der Waals surface area contributed by atoms with Crippen LogP contribution in [0, 0.1) is 0 Å². The normalized spacial score (nSPS) is 10.0. The molecule has 1 N–H and O–H groups in total. The summed E-state index contributed by atoms with van der Waals surface area (Å²) in [6.07, 6.45) is 0.439. The summed E-state index contributed by atoms with van der Waals surface area (Å²) < 4.78 is 0. The highest BCUT2D eigenvalue weighted by atomic mass is 17.1. The minimum Gasteiger partial charge on any atom is -0.308 e. The maximum absolute atomic E-state index is 12.7. The van der Waals surface area contributed by atoms with E-state index in [0.717, 1.165) is 5.69 Å². The Morgan fingerprint density at radius 2 is 1.55 bits per heavy atom. The van der Waals surface area contributed by atoms with Crippen LogP contribution in [-0.4, -0.2) is 23.7 Å². The van der Waals surface area contributed by atoms with Crippen molar-refractivity contribution in [3.8, 4) is 0 Å². The van der Waals surface area contributed by atoms with Crippen LogP contribution in [0.5, 0.6) is 0 Å². The zero-order valence-corrected chi connectivity index (χ0v) is 12.0. The smallest absolute Gasteiger partial charge is 0.308 e. The van der Waals surface area contributed by atoms with Crippen LogP contribution in [0.15, 0.2) is 60.7 Å². The second kappa shape index (κ2) is 7.95. The summed E-state index contributed by atoms with van der Waals surface area (Å²) in [5.74, 6) is -0.843. The molecule has 0 aliphatic heterocycles. The van der Waals surface area contributed by atoms with E-state index in [-0.39, 0.29) is 12.3 Å². The Labute approximate surface area is 128 Å². The molecule has 114 valence electrons. The Hall–Kier alpha value is -2.66. The molecule has 2 rings (SSSR count). The molecule has 0 bridgehead atoms. The van der Waals surface area contributed by atoms with Crippen LogP contribution in [0.25, 0.3) is 0 Å². The molecular weight excluding hydrogens is 282 g/mol. The first-order chi connectivity index (χ1) is 10.7. The SMILES string of the molecule is O=C(CCCN(C(=O)c1ccccc1)c1ccccc1)OO. The summed E-state index contributed by atoms with van der Waals surface area (Å²) in [5, 5.41) is 8.27. The largest absolute Gasteiger partial charge is 0.342 e. The number of hydrogen-bond donors (Lipinski definition) is 1. The van der Waals surface area contributed by atoms with Crippen LogP contribution in [0.3, 0.4) is 0 Å². The minimum atomic E-state index is -0.708. The van der Waals surface area contributed by atoms with Gasteiger partial charge in [0.05, 0.1) is 6.42 Å². The molecule has 5 heteroatoms. The van der Waals surface area contributed by atoms with Gasteiger partial charge < -0.3 is 9.79 Å². The molecule has 0 saturated heterocycles. The van der Waals surface area contributed by atoms with Gasteiger partial charge >= 0.3 is 5.97 Å². The van der Waals surface area contributed by atoms with E-state index in [1.165, 1.54) is 0 Å². The van der Waals surface area contributed by atoms with Crippen molar-refractivity contribution in [2.75, 3.05) is 11.4 Å². The van der Waals surface area contributed by atoms with Crippen molar-refractivity contribution in [1.82, 2.24) is 0 Å².